The van der Waals surface area contributed by atoms with Gasteiger partial charge in [0.05, 0.1) is 12.6 Å². The van der Waals surface area contributed by atoms with E-state index in [9.17, 15) is 18.8 Å². The van der Waals surface area contributed by atoms with Crippen LogP contribution < -0.4 is 5.32 Å². The number of amides is 1. The van der Waals surface area contributed by atoms with E-state index in [0.29, 0.717) is 12.8 Å². The van der Waals surface area contributed by atoms with Gasteiger partial charge in [0.15, 0.2) is 5.78 Å². The van der Waals surface area contributed by atoms with Crippen LogP contribution in [0.1, 0.15) is 34.8 Å². The monoisotopic (exact) mass is 461 g/mol. The zero-order valence-electron chi connectivity index (χ0n) is 19.1. The van der Waals surface area contributed by atoms with Crippen LogP contribution in [0.5, 0.6) is 0 Å². The number of esters is 1. The van der Waals surface area contributed by atoms with E-state index in [1.54, 1.807) is 0 Å². The van der Waals surface area contributed by atoms with Crippen molar-refractivity contribution in [2.75, 3.05) is 6.61 Å². The Morgan fingerprint density at radius 2 is 1.38 bits per heavy atom. The molecule has 0 heterocycles. The molecule has 1 amide bonds. The van der Waals surface area contributed by atoms with E-state index in [1.165, 1.54) is 31.2 Å². The molecule has 0 unspecified atom stereocenters. The first-order valence-electron chi connectivity index (χ1n) is 11.2. The number of halogens is 1. The summed E-state index contributed by atoms with van der Waals surface area (Å²) < 4.78 is 18.5. The average Bonchev–Trinajstić information content (AvgIpc) is 2.83. The fraction of sp³-hybridized carbons (Fsp3) is 0.250. The summed E-state index contributed by atoms with van der Waals surface area (Å²) in [5.74, 6) is -1.69. The lowest BCUT2D eigenvalue weighted by Gasteiger charge is -2.22. The summed E-state index contributed by atoms with van der Waals surface area (Å²) in [6, 6.07) is 23.5. The molecule has 176 valence electrons. The van der Waals surface area contributed by atoms with E-state index in [0.717, 1.165) is 11.1 Å². The van der Waals surface area contributed by atoms with Gasteiger partial charge in [0.1, 0.15) is 5.82 Å². The maximum absolute atomic E-state index is 13.4. The molecule has 0 spiro atoms. The predicted molar refractivity (Wildman–Crippen MR) is 128 cm³/mol. The summed E-state index contributed by atoms with van der Waals surface area (Å²) in [5, 5.41) is 2.82. The number of ketones is 1. The van der Waals surface area contributed by atoms with Gasteiger partial charge in [-0.1, -0.05) is 60.7 Å². The number of carbonyl (C=O) groups excluding carboxylic acids is 3. The zero-order chi connectivity index (χ0) is 24.3. The highest BCUT2D eigenvalue weighted by atomic mass is 19.1. The molecule has 0 fully saturated rings. The van der Waals surface area contributed by atoms with E-state index in [2.05, 4.69) is 5.32 Å². The van der Waals surface area contributed by atoms with Crippen molar-refractivity contribution >= 4 is 17.7 Å². The van der Waals surface area contributed by atoms with Gasteiger partial charge in [-0.2, -0.15) is 0 Å². The van der Waals surface area contributed by atoms with Crippen molar-refractivity contribution in [3.8, 4) is 0 Å². The second kappa shape index (κ2) is 12.4. The molecule has 1 N–H and O–H groups in total. The molecule has 0 radical (unpaired) electrons. The molecule has 0 aliphatic heterocycles. The molecule has 0 aliphatic carbocycles. The highest BCUT2D eigenvalue weighted by Crippen LogP contribution is 2.17. The zero-order valence-corrected chi connectivity index (χ0v) is 19.1. The summed E-state index contributed by atoms with van der Waals surface area (Å²) in [6.07, 6.45) is 1.01. The quantitative estimate of drug-likeness (QED) is 0.425. The average molecular weight is 462 g/mol. The van der Waals surface area contributed by atoms with Crippen LogP contribution in [0.4, 0.5) is 4.39 Å². The van der Waals surface area contributed by atoms with E-state index in [4.69, 9.17) is 4.74 Å². The molecule has 3 aromatic carbocycles. The molecule has 5 nitrogen and oxygen atoms in total. The van der Waals surface area contributed by atoms with E-state index >= 15 is 0 Å². The molecule has 0 aliphatic rings. The number of Topliss-reactive ketones (excluding diaryl/α,β-unsaturated/α-hetero) is 1. The number of hydrogen-bond donors (Lipinski definition) is 1. The molecule has 3 aromatic rings. The molecule has 0 bridgehead atoms. The minimum Gasteiger partial charge on any atom is -0.466 e. The third-order valence-corrected chi connectivity index (χ3v) is 5.46. The fourth-order valence-corrected chi connectivity index (χ4v) is 3.74. The molecule has 34 heavy (non-hydrogen) atoms. The van der Waals surface area contributed by atoms with Crippen LogP contribution >= 0.6 is 0 Å². The Kier molecular flexibility index (Phi) is 9.09. The van der Waals surface area contributed by atoms with Crippen molar-refractivity contribution in [1.29, 1.82) is 0 Å². The van der Waals surface area contributed by atoms with Gasteiger partial charge in [-0.15, -0.1) is 0 Å². The van der Waals surface area contributed by atoms with Crippen molar-refractivity contribution in [2.45, 2.75) is 32.2 Å². The van der Waals surface area contributed by atoms with Gasteiger partial charge in [-0.05, 0) is 48.2 Å². The maximum atomic E-state index is 13.4. The van der Waals surface area contributed by atoms with Gasteiger partial charge in [-0.3, -0.25) is 14.4 Å². The smallest absolute Gasteiger partial charge is 0.302 e. The third kappa shape index (κ3) is 7.96. The Labute approximate surface area is 199 Å². The van der Waals surface area contributed by atoms with Crippen molar-refractivity contribution in [3.05, 3.63) is 107 Å². The van der Waals surface area contributed by atoms with Gasteiger partial charge in [0.2, 0.25) is 0 Å². The summed E-state index contributed by atoms with van der Waals surface area (Å²) in [5.41, 5.74) is 2.20. The summed E-state index contributed by atoms with van der Waals surface area (Å²) in [4.78, 5) is 37.6. The fourth-order valence-electron chi connectivity index (χ4n) is 3.74. The summed E-state index contributed by atoms with van der Waals surface area (Å²) >= 11 is 0. The van der Waals surface area contributed by atoms with Crippen molar-refractivity contribution in [1.82, 2.24) is 5.32 Å². The van der Waals surface area contributed by atoms with Crippen LogP contribution in [0.2, 0.25) is 0 Å². The highest BCUT2D eigenvalue weighted by molar-refractivity contribution is 5.98. The summed E-state index contributed by atoms with van der Waals surface area (Å²) in [7, 11) is 0. The van der Waals surface area contributed by atoms with Gasteiger partial charge < -0.3 is 10.1 Å². The standard InChI is InChI=1S/C28H28FNO4/c1-20(31)34-19-23(16-21-8-4-2-5-9-21)18-27(32)26(17-22-10-6-3-7-11-22)30-28(33)24-12-14-25(29)15-13-24/h2-15,23,26H,16-19H2,1H3,(H,30,33)/t23-,26+/m1/s1. The van der Waals surface area contributed by atoms with Crippen molar-refractivity contribution in [3.63, 3.8) is 0 Å². The molecular formula is C28H28FNO4. The minimum atomic E-state index is -0.782. The Morgan fingerprint density at radius 3 is 1.94 bits per heavy atom. The molecule has 0 aromatic heterocycles. The molecule has 3 rings (SSSR count). The van der Waals surface area contributed by atoms with Crippen LogP contribution in [0.25, 0.3) is 0 Å². The number of nitrogens with one attached hydrogen (secondary N) is 1. The topological polar surface area (TPSA) is 72.5 Å². The van der Waals surface area contributed by atoms with Crippen molar-refractivity contribution < 1.29 is 23.5 Å². The van der Waals surface area contributed by atoms with Crippen LogP contribution in [-0.4, -0.2) is 30.3 Å². The van der Waals surface area contributed by atoms with Gasteiger partial charge in [0.25, 0.3) is 5.91 Å². The minimum absolute atomic E-state index is 0.111. The Morgan fingerprint density at radius 1 is 0.824 bits per heavy atom. The van der Waals surface area contributed by atoms with Crippen LogP contribution in [0, 0.1) is 11.7 Å². The Hall–Kier alpha value is -3.80. The molecular weight excluding hydrogens is 433 g/mol. The van der Waals surface area contributed by atoms with Crippen LogP contribution in [0.15, 0.2) is 84.9 Å². The van der Waals surface area contributed by atoms with Gasteiger partial charge in [0, 0.05) is 24.8 Å². The van der Waals surface area contributed by atoms with E-state index in [-0.39, 0.29) is 30.3 Å². The van der Waals surface area contributed by atoms with Crippen molar-refractivity contribution in [2.24, 2.45) is 5.92 Å². The number of rotatable bonds is 11. The first-order valence-corrected chi connectivity index (χ1v) is 11.2. The first-order chi connectivity index (χ1) is 16.4. The van der Waals surface area contributed by atoms with Crippen LogP contribution in [-0.2, 0) is 27.2 Å². The second-order valence-corrected chi connectivity index (χ2v) is 8.25. The highest BCUT2D eigenvalue weighted by Gasteiger charge is 2.25. The largest absolute Gasteiger partial charge is 0.466 e. The van der Waals surface area contributed by atoms with Gasteiger partial charge >= 0.3 is 5.97 Å². The van der Waals surface area contributed by atoms with Crippen LogP contribution in [0.3, 0.4) is 0 Å². The predicted octanol–water partition coefficient (Wildman–Crippen LogP) is 4.55. The summed E-state index contributed by atoms with van der Waals surface area (Å²) in [6.45, 7) is 1.45. The lowest BCUT2D eigenvalue weighted by atomic mass is 9.90. The normalized spacial score (nSPS) is 12.4. The number of hydrogen-bond acceptors (Lipinski definition) is 4. The van der Waals surface area contributed by atoms with Gasteiger partial charge in [-0.25, -0.2) is 4.39 Å². The number of carbonyl (C=O) groups is 3. The first kappa shape index (κ1) is 24.8. The second-order valence-electron chi connectivity index (χ2n) is 8.25. The molecule has 6 heteroatoms. The van der Waals surface area contributed by atoms with E-state index < -0.39 is 23.7 Å². The maximum Gasteiger partial charge on any atom is 0.302 e. The molecule has 0 saturated heterocycles. The SMILES string of the molecule is CC(=O)OC[C@@H](CC(=O)[C@H](Cc1ccccc1)NC(=O)c1ccc(F)cc1)Cc1ccccc1. The lowest BCUT2D eigenvalue weighted by molar-refractivity contribution is -0.143. The number of ether oxygens (including phenoxy) is 1. The lowest BCUT2D eigenvalue weighted by Crippen LogP contribution is -2.43. The Balaban J connectivity index is 1.77. The van der Waals surface area contributed by atoms with E-state index in [1.807, 2.05) is 60.7 Å². The Bertz CT molecular complexity index is 1080. The third-order valence-electron chi connectivity index (χ3n) is 5.46. The molecule has 2 atom stereocenters. The number of benzene rings is 3. The molecule has 0 saturated carbocycles.